The van der Waals surface area contributed by atoms with Crippen molar-refractivity contribution in [3.63, 3.8) is 0 Å². The van der Waals surface area contributed by atoms with Crippen molar-refractivity contribution in [3.05, 3.63) is 29.3 Å². The summed E-state index contributed by atoms with van der Waals surface area (Å²) in [4.78, 5) is 23.3. The minimum Gasteiger partial charge on any atom is -0.456 e. The van der Waals surface area contributed by atoms with Gasteiger partial charge in [-0.3, -0.25) is 9.59 Å². The van der Waals surface area contributed by atoms with Crippen LogP contribution < -0.4 is 10.0 Å². The van der Waals surface area contributed by atoms with Crippen molar-refractivity contribution >= 4 is 33.5 Å². The van der Waals surface area contributed by atoms with E-state index in [1.54, 1.807) is 0 Å². The maximum atomic E-state index is 12.0. The first-order valence-electron chi connectivity index (χ1n) is 7.98. The Balaban J connectivity index is 1.67. The smallest absolute Gasteiger partial charge is 0.307 e. The van der Waals surface area contributed by atoms with Gasteiger partial charge in [0.05, 0.1) is 11.3 Å². The summed E-state index contributed by atoms with van der Waals surface area (Å²) in [5.41, 5.74) is 0. The van der Waals surface area contributed by atoms with Gasteiger partial charge in [0, 0.05) is 17.6 Å². The molecule has 1 aromatic carbocycles. The zero-order valence-corrected chi connectivity index (χ0v) is 15.4. The summed E-state index contributed by atoms with van der Waals surface area (Å²) in [5, 5.41) is 3.19. The van der Waals surface area contributed by atoms with Crippen LogP contribution in [0.5, 0.6) is 0 Å². The predicted octanol–water partition coefficient (Wildman–Crippen LogP) is 1.47. The fraction of sp³-hybridized carbons (Fsp3) is 0.500. The lowest BCUT2D eigenvalue weighted by atomic mass is 10.2. The summed E-state index contributed by atoms with van der Waals surface area (Å²) in [5.74, 6) is -0.482. The molecule has 1 atom stereocenters. The van der Waals surface area contributed by atoms with Crippen molar-refractivity contribution in [2.75, 3.05) is 13.2 Å². The number of esters is 1. The van der Waals surface area contributed by atoms with Gasteiger partial charge in [-0.05, 0) is 49.9 Å². The number of carbonyl (C=O) groups is 2. The fourth-order valence-corrected chi connectivity index (χ4v) is 3.37. The molecule has 7 nitrogen and oxygen atoms in total. The number of ether oxygens (including phenoxy) is 1. The summed E-state index contributed by atoms with van der Waals surface area (Å²) < 4.78 is 31.2. The van der Waals surface area contributed by atoms with Crippen molar-refractivity contribution in [2.45, 2.75) is 37.1 Å². The highest BCUT2D eigenvalue weighted by molar-refractivity contribution is 7.89. The third-order valence-electron chi connectivity index (χ3n) is 3.83. The summed E-state index contributed by atoms with van der Waals surface area (Å²) in [7, 11) is -3.72. The van der Waals surface area contributed by atoms with Crippen LogP contribution in [0.25, 0.3) is 0 Å². The monoisotopic (exact) mass is 388 g/mol. The number of hydrogen-bond acceptors (Lipinski definition) is 5. The molecule has 0 aliphatic heterocycles. The van der Waals surface area contributed by atoms with E-state index in [0.29, 0.717) is 10.9 Å². The first-order chi connectivity index (χ1) is 11.8. The van der Waals surface area contributed by atoms with E-state index >= 15 is 0 Å². The predicted molar refractivity (Wildman–Crippen MR) is 92.5 cm³/mol. The topological polar surface area (TPSA) is 102 Å². The molecule has 1 aliphatic rings. The van der Waals surface area contributed by atoms with Gasteiger partial charge in [-0.25, -0.2) is 13.1 Å². The Labute approximate surface area is 152 Å². The zero-order valence-electron chi connectivity index (χ0n) is 13.8. The van der Waals surface area contributed by atoms with Crippen molar-refractivity contribution < 1.29 is 22.7 Å². The SMILES string of the molecule is C[C@H](NC(=O)COC(=O)CCNS(=O)(=O)c1ccc(Cl)cc1)C1CC1. The minimum atomic E-state index is -3.72. The van der Waals surface area contributed by atoms with Gasteiger partial charge in [0.1, 0.15) is 0 Å². The Morgan fingerprint density at radius 3 is 2.52 bits per heavy atom. The average molecular weight is 389 g/mol. The van der Waals surface area contributed by atoms with E-state index in [1.165, 1.54) is 24.3 Å². The number of hydrogen-bond donors (Lipinski definition) is 2. The molecular formula is C16H21ClN2O5S. The van der Waals surface area contributed by atoms with Crippen LogP contribution in [-0.2, 0) is 24.3 Å². The molecule has 0 bridgehead atoms. The molecule has 1 aromatic rings. The Morgan fingerprint density at radius 1 is 1.28 bits per heavy atom. The van der Waals surface area contributed by atoms with Crippen LogP contribution in [0.2, 0.25) is 5.02 Å². The first kappa shape index (κ1) is 19.7. The molecule has 0 aromatic heterocycles. The van der Waals surface area contributed by atoms with E-state index in [0.717, 1.165) is 12.8 Å². The average Bonchev–Trinajstić information content (AvgIpc) is 3.38. The first-order valence-corrected chi connectivity index (χ1v) is 9.84. The molecule has 9 heteroatoms. The molecule has 138 valence electrons. The molecule has 0 spiro atoms. The number of benzene rings is 1. The van der Waals surface area contributed by atoms with Crippen LogP contribution in [0.4, 0.5) is 0 Å². The molecule has 2 N–H and O–H groups in total. The van der Waals surface area contributed by atoms with Gasteiger partial charge in [0.2, 0.25) is 10.0 Å². The fourth-order valence-electron chi connectivity index (χ4n) is 2.21. The summed E-state index contributed by atoms with van der Waals surface area (Å²) in [6.07, 6.45) is 2.04. The van der Waals surface area contributed by atoms with Gasteiger partial charge in [-0.1, -0.05) is 11.6 Å². The number of sulfonamides is 1. The van der Waals surface area contributed by atoms with Gasteiger partial charge in [-0.2, -0.15) is 0 Å². The Bertz CT molecular complexity index is 717. The van der Waals surface area contributed by atoms with Crippen LogP contribution in [0.1, 0.15) is 26.2 Å². The zero-order chi connectivity index (χ0) is 18.4. The van der Waals surface area contributed by atoms with Crippen molar-refractivity contribution in [1.29, 1.82) is 0 Å². The van der Waals surface area contributed by atoms with Crippen LogP contribution in [0, 0.1) is 5.92 Å². The molecule has 1 aliphatic carbocycles. The van der Waals surface area contributed by atoms with Crippen LogP contribution >= 0.6 is 11.6 Å². The lowest BCUT2D eigenvalue weighted by Crippen LogP contribution is -2.37. The van der Waals surface area contributed by atoms with Crippen LogP contribution in [-0.4, -0.2) is 39.5 Å². The summed E-state index contributed by atoms with van der Waals surface area (Å²) in [6, 6.07) is 5.75. The lowest BCUT2D eigenvalue weighted by molar-refractivity contribution is -0.148. The second-order valence-electron chi connectivity index (χ2n) is 5.96. The van der Waals surface area contributed by atoms with Gasteiger partial charge in [-0.15, -0.1) is 0 Å². The second-order valence-corrected chi connectivity index (χ2v) is 8.16. The third kappa shape index (κ3) is 6.64. The van der Waals surface area contributed by atoms with Gasteiger partial charge < -0.3 is 10.1 Å². The number of carbonyl (C=O) groups excluding carboxylic acids is 2. The van der Waals surface area contributed by atoms with E-state index in [9.17, 15) is 18.0 Å². The highest BCUT2D eigenvalue weighted by atomic mass is 35.5. The molecule has 0 unspecified atom stereocenters. The van der Waals surface area contributed by atoms with Crippen LogP contribution in [0.15, 0.2) is 29.2 Å². The number of rotatable bonds is 9. The Hall–Kier alpha value is -1.64. The molecule has 1 fully saturated rings. The Kier molecular flexibility index (Phi) is 6.80. The lowest BCUT2D eigenvalue weighted by Gasteiger charge is -2.12. The van der Waals surface area contributed by atoms with E-state index in [2.05, 4.69) is 10.0 Å². The van der Waals surface area contributed by atoms with E-state index in [4.69, 9.17) is 16.3 Å². The van der Waals surface area contributed by atoms with Crippen molar-refractivity contribution in [2.24, 2.45) is 5.92 Å². The van der Waals surface area contributed by atoms with Gasteiger partial charge in [0.15, 0.2) is 6.61 Å². The minimum absolute atomic E-state index is 0.0544. The van der Waals surface area contributed by atoms with Gasteiger partial charge in [0.25, 0.3) is 5.91 Å². The molecule has 0 heterocycles. The van der Waals surface area contributed by atoms with Gasteiger partial charge >= 0.3 is 5.97 Å². The van der Waals surface area contributed by atoms with E-state index in [1.807, 2.05) is 6.92 Å². The summed E-state index contributed by atoms with van der Waals surface area (Å²) >= 11 is 5.71. The molecule has 0 saturated heterocycles. The van der Waals surface area contributed by atoms with E-state index < -0.39 is 16.0 Å². The van der Waals surface area contributed by atoms with Crippen molar-refractivity contribution in [1.82, 2.24) is 10.0 Å². The Morgan fingerprint density at radius 2 is 1.92 bits per heavy atom. The second kappa shape index (κ2) is 8.64. The van der Waals surface area contributed by atoms with Crippen molar-refractivity contribution in [3.8, 4) is 0 Å². The molecule has 1 amide bonds. The normalized spacial score (nSPS) is 15.4. The summed E-state index contributed by atoms with van der Waals surface area (Å²) in [6.45, 7) is 1.44. The molecule has 25 heavy (non-hydrogen) atoms. The number of nitrogens with one attached hydrogen (secondary N) is 2. The molecule has 2 rings (SSSR count). The molecule has 1 saturated carbocycles. The maximum Gasteiger partial charge on any atom is 0.307 e. The van der Waals surface area contributed by atoms with Crippen LogP contribution in [0.3, 0.4) is 0 Å². The van der Waals surface area contributed by atoms with E-state index in [-0.39, 0.29) is 36.4 Å². The number of halogens is 1. The highest BCUT2D eigenvalue weighted by Crippen LogP contribution is 2.32. The number of amides is 1. The highest BCUT2D eigenvalue weighted by Gasteiger charge is 2.28. The maximum absolute atomic E-state index is 12.0. The molecule has 0 radical (unpaired) electrons. The third-order valence-corrected chi connectivity index (χ3v) is 5.56. The largest absolute Gasteiger partial charge is 0.456 e. The quantitative estimate of drug-likeness (QED) is 0.624. The molecular weight excluding hydrogens is 368 g/mol. The standard InChI is InChI=1S/C16H21ClN2O5S/c1-11(12-2-3-12)19-15(20)10-24-16(21)8-9-18-25(22,23)14-6-4-13(17)5-7-14/h4-7,11-12,18H,2-3,8-10H2,1H3,(H,19,20)/t11-/m0/s1.